The number of aliphatic carboxylic acids is 1. The molecule has 2 fully saturated rings. The maximum atomic E-state index is 12.1. The highest BCUT2D eigenvalue weighted by Crippen LogP contribution is 2.24. The molecule has 20 heavy (non-hydrogen) atoms. The Morgan fingerprint density at radius 2 is 2.15 bits per heavy atom. The molecule has 4 atom stereocenters. The van der Waals surface area contributed by atoms with Crippen LogP contribution in [0.25, 0.3) is 0 Å². The van der Waals surface area contributed by atoms with Crippen molar-refractivity contribution in [2.45, 2.75) is 32.8 Å². The van der Waals surface area contributed by atoms with Crippen molar-refractivity contribution in [3.63, 3.8) is 0 Å². The number of likely N-dealkylation sites (tertiary alicyclic amines) is 1. The molecule has 0 aliphatic carbocycles. The zero-order valence-electron chi connectivity index (χ0n) is 12.2. The first-order valence-corrected chi connectivity index (χ1v) is 7.40. The molecule has 2 heterocycles. The Morgan fingerprint density at radius 1 is 1.40 bits per heavy atom. The lowest BCUT2D eigenvalue weighted by Gasteiger charge is -2.21. The van der Waals surface area contributed by atoms with Crippen molar-refractivity contribution in [2.24, 2.45) is 17.8 Å². The molecule has 2 rings (SSSR count). The van der Waals surface area contributed by atoms with Crippen molar-refractivity contribution in [3.8, 4) is 0 Å². The quantitative estimate of drug-likeness (QED) is 0.812. The summed E-state index contributed by atoms with van der Waals surface area (Å²) in [4.78, 5) is 24.8. The van der Waals surface area contributed by atoms with E-state index in [1.54, 1.807) is 4.90 Å². The van der Waals surface area contributed by atoms with Gasteiger partial charge in [-0.1, -0.05) is 13.8 Å². The third kappa shape index (κ3) is 3.23. The highest BCUT2D eigenvalue weighted by molar-refractivity contribution is 5.77. The van der Waals surface area contributed by atoms with Gasteiger partial charge in [-0.15, -0.1) is 0 Å². The molecule has 0 spiro atoms. The monoisotopic (exact) mass is 284 g/mol. The Balaban J connectivity index is 1.80. The molecule has 114 valence electrons. The molecular formula is C14H24N2O4. The molecule has 6 heteroatoms. The van der Waals surface area contributed by atoms with Crippen molar-refractivity contribution in [3.05, 3.63) is 0 Å². The number of hydrogen-bond acceptors (Lipinski definition) is 3. The van der Waals surface area contributed by atoms with Gasteiger partial charge in [0.25, 0.3) is 0 Å². The SMILES string of the molecule is CCC1OCCC1CNC(=O)N1CC(C)C(C(=O)O)C1. The molecule has 2 N–H and O–H groups in total. The lowest BCUT2D eigenvalue weighted by atomic mass is 9.99. The van der Waals surface area contributed by atoms with E-state index >= 15 is 0 Å². The lowest BCUT2D eigenvalue weighted by Crippen LogP contribution is -2.42. The van der Waals surface area contributed by atoms with Crippen molar-refractivity contribution < 1.29 is 19.4 Å². The molecule has 2 aliphatic heterocycles. The number of nitrogens with zero attached hydrogens (tertiary/aromatic N) is 1. The Labute approximate surface area is 119 Å². The number of carbonyl (C=O) groups is 2. The Hall–Kier alpha value is -1.30. The summed E-state index contributed by atoms with van der Waals surface area (Å²) in [5, 5.41) is 12.0. The molecule has 4 unspecified atom stereocenters. The maximum Gasteiger partial charge on any atom is 0.317 e. The smallest absolute Gasteiger partial charge is 0.317 e. The molecule has 0 aromatic heterocycles. The van der Waals surface area contributed by atoms with Crippen LogP contribution in [-0.4, -0.2) is 54.4 Å². The van der Waals surface area contributed by atoms with Crippen molar-refractivity contribution in [1.82, 2.24) is 10.2 Å². The van der Waals surface area contributed by atoms with Gasteiger partial charge in [-0.2, -0.15) is 0 Å². The van der Waals surface area contributed by atoms with Crippen LogP contribution in [0.15, 0.2) is 0 Å². The number of carbonyl (C=O) groups excluding carboxylic acids is 1. The van der Waals surface area contributed by atoms with Crippen LogP contribution in [0.5, 0.6) is 0 Å². The average molecular weight is 284 g/mol. The molecular weight excluding hydrogens is 260 g/mol. The van der Waals surface area contributed by atoms with E-state index in [1.165, 1.54) is 0 Å². The summed E-state index contributed by atoms with van der Waals surface area (Å²) < 4.78 is 5.60. The second kappa shape index (κ2) is 6.43. The standard InChI is InChI=1S/C14H24N2O4/c1-3-12-10(4-5-20-12)6-15-14(19)16-7-9(2)11(8-16)13(17)18/h9-12H,3-8H2,1-2H3,(H,15,19)(H,17,18). The fourth-order valence-electron chi connectivity index (χ4n) is 3.16. The number of carboxylic acid groups (broad SMARTS) is 1. The van der Waals surface area contributed by atoms with E-state index in [4.69, 9.17) is 9.84 Å². The molecule has 0 saturated carbocycles. The summed E-state index contributed by atoms with van der Waals surface area (Å²) in [6.07, 6.45) is 2.18. The van der Waals surface area contributed by atoms with Crippen molar-refractivity contribution in [2.75, 3.05) is 26.2 Å². The van der Waals surface area contributed by atoms with Gasteiger partial charge < -0.3 is 20.1 Å². The lowest BCUT2D eigenvalue weighted by molar-refractivity contribution is -0.142. The van der Waals surface area contributed by atoms with Gasteiger partial charge in [0.15, 0.2) is 0 Å². The number of nitrogens with one attached hydrogen (secondary N) is 1. The number of ether oxygens (including phenoxy) is 1. The van der Waals surface area contributed by atoms with E-state index in [0.29, 0.717) is 25.6 Å². The molecule has 6 nitrogen and oxygen atoms in total. The molecule has 2 aliphatic rings. The van der Waals surface area contributed by atoms with Gasteiger partial charge in [-0.3, -0.25) is 4.79 Å². The Bertz CT molecular complexity index is 374. The molecule has 0 radical (unpaired) electrons. The largest absolute Gasteiger partial charge is 0.481 e. The van der Waals surface area contributed by atoms with E-state index in [9.17, 15) is 9.59 Å². The van der Waals surface area contributed by atoms with Gasteiger partial charge in [-0.05, 0) is 18.8 Å². The summed E-state index contributed by atoms with van der Waals surface area (Å²) in [5.41, 5.74) is 0. The Kier molecular flexibility index (Phi) is 4.86. The Morgan fingerprint density at radius 3 is 2.75 bits per heavy atom. The van der Waals surface area contributed by atoms with Crippen LogP contribution in [0.1, 0.15) is 26.7 Å². The van der Waals surface area contributed by atoms with Crippen LogP contribution >= 0.6 is 0 Å². The van der Waals surface area contributed by atoms with Gasteiger partial charge in [0.2, 0.25) is 0 Å². The second-order valence-electron chi connectivity index (χ2n) is 5.88. The van der Waals surface area contributed by atoms with Gasteiger partial charge in [-0.25, -0.2) is 4.79 Å². The van der Waals surface area contributed by atoms with Crippen LogP contribution in [0.4, 0.5) is 4.79 Å². The normalized spacial score (nSPS) is 33.4. The molecule has 2 saturated heterocycles. The van der Waals surface area contributed by atoms with E-state index in [2.05, 4.69) is 12.2 Å². The van der Waals surface area contributed by atoms with E-state index in [0.717, 1.165) is 19.4 Å². The van der Waals surface area contributed by atoms with Crippen molar-refractivity contribution >= 4 is 12.0 Å². The van der Waals surface area contributed by atoms with E-state index < -0.39 is 11.9 Å². The van der Waals surface area contributed by atoms with E-state index in [1.807, 2.05) is 6.92 Å². The van der Waals surface area contributed by atoms with Crippen LogP contribution in [0.3, 0.4) is 0 Å². The predicted octanol–water partition coefficient (Wildman–Crippen LogP) is 1.16. The van der Waals surface area contributed by atoms with Gasteiger partial charge >= 0.3 is 12.0 Å². The van der Waals surface area contributed by atoms with E-state index in [-0.39, 0.29) is 18.1 Å². The fraction of sp³-hybridized carbons (Fsp3) is 0.857. The van der Waals surface area contributed by atoms with Crippen LogP contribution in [0, 0.1) is 17.8 Å². The molecule has 2 amide bonds. The summed E-state index contributed by atoms with van der Waals surface area (Å²) in [6.45, 7) is 6.16. The van der Waals surface area contributed by atoms with Crippen LogP contribution in [0.2, 0.25) is 0 Å². The zero-order valence-corrected chi connectivity index (χ0v) is 12.2. The highest BCUT2D eigenvalue weighted by Gasteiger charge is 2.37. The minimum atomic E-state index is -0.817. The first-order valence-electron chi connectivity index (χ1n) is 7.40. The first-order chi connectivity index (χ1) is 9.52. The fourth-order valence-corrected chi connectivity index (χ4v) is 3.16. The maximum absolute atomic E-state index is 12.1. The zero-order chi connectivity index (χ0) is 14.7. The van der Waals surface area contributed by atoms with Crippen LogP contribution < -0.4 is 5.32 Å². The second-order valence-corrected chi connectivity index (χ2v) is 5.88. The number of hydrogen-bond donors (Lipinski definition) is 2. The third-order valence-electron chi connectivity index (χ3n) is 4.48. The number of rotatable bonds is 4. The number of amides is 2. The van der Waals surface area contributed by atoms with Gasteiger partial charge in [0.1, 0.15) is 0 Å². The molecule has 0 aromatic rings. The summed E-state index contributed by atoms with van der Waals surface area (Å²) in [7, 11) is 0. The molecule has 0 bridgehead atoms. The van der Waals surface area contributed by atoms with Gasteiger partial charge in [0.05, 0.1) is 12.0 Å². The van der Waals surface area contributed by atoms with Crippen molar-refractivity contribution in [1.29, 1.82) is 0 Å². The first kappa shape index (κ1) is 15.1. The minimum absolute atomic E-state index is 0.0106. The number of carboxylic acids is 1. The van der Waals surface area contributed by atoms with Gasteiger partial charge in [0, 0.05) is 32.2 Å². The predicted molar refractivity (Wildman–Crippen MR) is 73.4 cm³/mol. The summed E-state index contributed by atoms with van der Waals surface area (Å²) in [5.74, 6) is -0.877. The highest BCUT2D eigenvalue weighted by atomic mass is 16.5. The third-order valence-corrected chi connectivity index (χ3v) is 4.48. The topological polar surface area (TPSA) is 78.9 Å². The number of urea groups is 1. The summed E-state index contributed by atoms with van der Waals surface area (Å²) >= 11 is 0. The average Bonchev–Trinajstić information content (AvgIpc) is 3.01. The minimum Gasteiger partial charge on any atom is -0.481 e. The summed E-state index contributed by atoms with van der Waals surface area (Å²) in [6, 6.07) is -0.151. The van der Waals surface area contributed by atoms with Crippen LogP contribution in [-0.2, 0) is 9.53 Å². The molecule has 0 aromatic carbocycles.